The van der Waals surface area contributed by atoms with E-state index in [1.165, 1.54) is 17.7 Å². The second-order valence-electron chi connectivity index (χ2n) is 11.6. The molecule has 1 aromatic carbocycles. The minimum Gasteiger partial charge on any atom is -0.481 e. The second-order valence-corrected chi connectivity index (χ2v) is 14.2. The molecule has 4 atom stereocenters. The van der Waals surface area contributed by atoms with Crippen LogP contribution in [0, 0.1) is 5.92 Å². The van der Waals surface area contributed by atoms with Crippen LogP contribution in [0.25, 0.3) is 6.08 Å². The quantitative estimate of drug-likeness (QED) is 0.157. The summed E-state index contributed by atoms with van der Waals surface area (Å²) >= 11 is 0. The molecule has 16 heteroatoms. The molecule has 0 spiro atoms. The molecule has 0 bridgehead atoms. The SMILES string of the molecule is CC[C@@]1(OC(=O)OCCSSC[C@H](NC(=O)[C@@H](C)CC(=O)O)C(=O)O)C(=O)OCc2c1cc1n(c2=O)CC2=Cc3ccccc3N(C)C21. The van der Waals surface area contributed by atoms with Gasteiger partial charge >= 0.3 is 24.1 Å². The molecule has 256 valence electrons. The Hall–Kier alpha value is -4.44. The van der Waals surface area contributed by atoms with E-state index in [9.17, 15) is 33.9 Å². The van der Waals surface area contributed by atoms with E-state index in [4.69, 9.17) is 19.3 Å². The number of carboxylic acid groups (broad SMARTS) is 2. The Labute approximate surface area is 283 Å². The van der Waals surface area contributed by atoms with E-state index in [1.54, 1.807) is 17.6 Å². The molecule has 0 radical (unpaired) electrons. The highest BCUT2D eigenvalue weighted by Gasteiger charge is 2.51. The van der Waals surface area contributed by atoms with Gasteiger partial charge in [0.1, 0.15) is 19.3 Å². The smallest absolute Gasteiger partial charge is 0.481 e. The van der Waals surface area contributed by atoms with Crippen LogP contribution in [0.15, 0.2) is 40.7 Å². The summed E-state index contributed by atoms with van der Waals surface area (Å²) in [5.74, 6) is -4.66. The van der Waals surface area contributed by atoms with E-state index in [0.29, 0.717) is 12.2 Å². The van der Waals surface area contributed by atoms with Crippen LogP contribution in [-0.2, 0) is 52.1 Å². The minimum absolute atomic E-state index is 0.0131. The third-order valence-electron chi connectivity index (χ3n) is 8.56. The Balaban J connectivity index is 1.22. The number of rotatable bonds is 13. The first-order valence-corrected chi connectivity index (χ1v) is 17.7. The van der Waals surface area contributed by atoms with Crippen molar-refractivity contribution in [1.82, 2.24) is 9.88 Å². The number of fused-ring (bicyclic) bond motifs is 5. The number of likely N-dealkylation sites (N-methyl/N-ethyl adjacent to an activating group) is 1. The molecule has 14 nitrogen and oxygen atoms in total. The second kappa shape index (κ2) is 14.4. The monoisotopic (exact) mass is 701 g/mol. The Morgan fingerprint density at radius 3 is 2.62 bits per heavy atom. The lowest BCUT2D eigenvalue weighted by atomic mass is 9.85. The molecule has 0 saturated carbocycles. The van der Waals surface area contributed by atoms with Crippen LogP contribution in [0.5, 0.6) is 0 Å². The van der Waals surface area contributed by atoms with E-state index in [-0.39, 0.29) is 53.9 Å². The molecule has 0 fully saturated rings. The lowest BCUT2D eigenvalue weighted by molar-refractivity contribution is -0.175. The van der Waals surface area contributed by atoms with Crippen molar-refractivity contribution in [2.45, 2.75) is 57.5 Å². The predicted octanol–water partition coefficient (Wildman–Crippen LogP) is 3.31. The van der Waals surface area contributed by atoms with Crippen LogP contribution in [-0.4, -0.2) is 76.0 Å². The van der Waals surface area contributed by atoms with Gasteiger partial charge in [-0.25, -0.2) is 14.4 Å². The van der Waals surface area contributed by atoms with Crippen LogP contribution in [0.3, 0.4) is 0 Å². The van der Waals surface area contributed by atoms with Gasteiger partial charge in [-0.05, 0) is 35.8 Å². The van der Waals surface area contributed by atoms with Gasteiger partial charge in [0.2, 0.25) is 11.5 Å². The first kappa shape index (κ1) is 34.9. The van der Waals surface area contributed by atoms with Crippen molar-refractivity contribution in [3.63, 3.8) is 0 Å². The van der Waals surface area contributed by atoms with E-state index < -0.39 is 54.0 Å². The van der Waals surface area contributed by atoms with E-state index >= 15 is 0 Å². The van der Waals surface area contributed by atoms with Crippen molar-refractivity contribution < 1.29 is 48.4 Å². The predicted molar refractivity (Wildman–Crippen MR) is 176 cm³/mol. The molecule has 5 rings (SSSR count). The number of ether oxygens (including phenoxy) is 3. The number of aliphatic carboxylic acids is 2. The zero-order valence-electron chi connectivity index (χ0n) is 26.4. The summed E-state index contributed by atoms with van der Waals surface area (Å²) in [5, 5.41) is 20.6. The lowest BCUT2D eigenvalue weighted by Gasteiger charge is -2.36. The third kappa shape index (κ3) is 6.76. The molecule has 4 heterocycles. The minimum atomic E-state index is -1.90. The fourth-order valence-electron chi connectivity index (χ4n) is 6.12. The fraction of sp³-hybridized carbons (Fsp3) is 0.438. The first-order valence-electron chi connectivity index (χ1n) is 15.2. The summed E-state index contributed by atoms with van der Waals surface area (Å²) in [5.41, 5.74) is 2.01. The normalized spacial score (nSPS) is 20.1. The molecule has 0 saturated heterocycles. The number of hydrogen-bond donors (Lipinski definition) is 3. The number of aromatic nitrogens is 1. The maximum absolute atomic E-state index is 13.8. The summed E-state index contributed by atoms with van der Waals surface area (Å²) in [4.78, 5) is 76.6. The topological polar surface area (TPSA) is 191 Å². The first-order chi connectivity index (χ1) is 22.9. The Morgan fingerprint density at radius 1 is 1.17 bits per heavy atom. The van der Waals surface area contributed by atoms with Gasteiger partial charge < -0.3 is 39.2 Å². The average molecular weight is 702 g/mol. The number of carbonyl (C=O) groups is 5. The number of carboxylic acids is 2. The van der Waals surface area contributed by atoms with Crippen molar-refractivity contribution in [3.05, 3.63) is 68.6 Å². The number of anilines is 1. The van der Waals surface area contributed by atoms with Crippen molar-refractivity contribution in [3.8, 4) is 0 Å². The highest BCUT2D eigenvalue weighted by molar-refractivity contribution is 8.76. The summed E-state index contributed by atoms with van der Waals surface area (Å²) in [6.07, 6.45) is 0.493. The molecule has 1 aromatic heterocycles. The summed E-state index contributed by atoms with van der Waals surface area (Å²) in [7, 11) is 4.24. The van der Waals surface area contributed by atoms with Gasteiger partial charge in [0.05, 0.1) is 18.0 Å². The van der Waals surface area contributed by atoms with Gasteiger partial charge in [0, 0.05) is 48.0 Å². The number of nitrogens with one attached hydrogen (secondary N) is 1. The number of esters is 1. The zero-order valence-corrected chi connectivity index (χ0v) is 28.1. The number of hydrogen-bond acceptors (Lipinski definition) is 12. The molecular weight excluding hydrogens is 666 g/mol. The molecule has 48 heavy (non-hydrogen) atoms. The van der Waals surface area contributed by atoms with Gasteiger partial charge in [-0.2, -0.15) is 0 Å². The van der Waals surface area contributed by atoms with Gasteiger partial charge in [-0.15, -0.1) is 0 Å². The van der Waals surface area contributed by atoms with Gasteiger partial charge in [-0.1, -0.05) is 53.6 Å². The van der Waals surface area contributed by atoms with E-state index in [2.05, 4.69) is 16.3 Å². The zero-order chi connectivity index (χ0) is 34.7. The maximum atomic E-state index is 13.8. The summed E-state index contributed by atoms with van der Waals surface area (Å²) in [6, 6.07) is 8.16. The van der Waals surface area contributed by atoms with Crippen LogP contribution in [0.2, 0.25) is 0 Å². The number of cyclic esters (lactones) is 1. The standard InChI is InChI=1S/C32H35N3O11S2/c1-4-32(46-31(43)44-9-10-47-48-16-22(29(40)41)33-27(38)17(2)11-25(36)37)21-13-24-26-19(12-18-7-5-6-8-23(18)34(26)3)14-35(24)28(39)20(21)15-45-30(32)42/h5-8,12-13,17,22,26H,4,9-11,14-16H2,1-3H3,(H,33,38)(H,36,37)(H,40,41)/t17-,22-,26?,32-/m0/s1. The van der Waals surface area contributed by atoms with Gasteiger partial charge in [0.25, 0.3) is 5.56 Å². The van der Waals surface area contributed by atoms with Gasteiger partial charge in [0.15, 0.2) is 0 Å². The molecule has 3 aliphatic rings. The number of para-hydroxylation sites is 1. The Bertz CT molecular complexity index is 1740. The van der Waals surface area contributed by atoms with Crippen molar-refractivity contribution in [1.29, 1.82) is 0 Å². The number of carbonyl (C=O) groups excluding carboxylic acids is 3. The van der Waals surface area contributed by atoms with Crippen LogP contribution >= 0.6 is 21.6 Å². The molecule has 0 aliphatic carbocycles. The number of pyridine rings is 1. The molecular formula is C32H35N3O11S2. The molecule has 3 aliphatic heterocycles. The van der Waals surface area contributed by atoms with Crippen molar-refractivity contribution in [2.24, 2.45) is 5.92 Å². The molecule has 2 aromatic rings. The average Bonchev–Trinajstić information content (AvgIpc) is 3.42. The van der Waals surface area contributed by atoms with Crippen molar-refractivity contribution >= 4 is 63.3 Å². The largest absolute Gasteiger partial charge is 0.509 e. The van der Waals surface area contributed by atoms with Crippen LogP contribution in [0.4, 0.5) is 10.5 Å². The molecule has 1 amide bonds. The lowest BCUT2D eigenvalue weighted by Crippen LogP contribution is -2.48. The number of amides is 1. The highest BCUT2D eigenvalue weighted by Crippen LogP contribution is 2.46. The van der Waals surface area contributed by atoms with E-state index in [0.717, 1.165) is 27.6 Å². The highest BCUT2D eigenvalue weighted by atomic mass is 33.1. The summed E-state index contributed by atoms with van der Waals surface area (Å²) in [6.45, 7) is 3.01. The molecule has 3 N–H and O–H groups in total. The third-order valence-corrected chi connectivity index (χ3v) is 10.9. The van der Waals surface area contributed by atoms with Gasteiger partial charge in [-0.3, -0.25) is 14.4 Å². The maximum Gasteiger partial charge on any atom is 0.509 e. The number of nitrogens with zero attached hydrogens (tertiary/aromatic N) is 2. The fourth-order valence-corrected chi connectivity index (χ4v) is 8.10. The Kier molecular flexibility index (Phi) is 10.4. The van der Waals surface area contributed by atoms with Crippen LogP contribution < -0.4 is 15.8 Å². The van der Waals surface area contributed by atoms with E-state index in [1.807, 2.05) is 31.3 Å². The molecule has 1 unspecified atom stereocenters. The van der Waals surface area contributed by atoms with Crippen LogP contribution in [0.1, 0.15) is 55.1 Å². The summed E-state index contributed by atoms with van der Waals surface area (Å²) < 4.78 is 18.0. The van der Waals surface area contributed by atoms with Crippen molar-refractivity contribution in [2.75, 3.05) is 30.1 Å². The Morgan fingerprint density at radius 2 is 1.92 bits per heavy atom. The number of benzene rings is 1.